The Kier molecular flexibility index (Phi) is 1.92. The van der Waals surface area contributed by atoms with Crippen LogP contribution < -0.4 is 0 Å². The second kappa shape index (κ2) is 2.78. The van der Waals surface area contributed by atoms with Gasteiger partial charge >= 0.3 is 0 Å². The van der Waals surface area contributed by atoms with E-state index in [-0.39, 0.29) is 5.60 Å². The van der Waals surface area contributed by atoms with Crippen LogP contribution in [0.4, 0.5) is 0 Å². The molecule has 0 bridgehead atoms. The van der Waals surface area contributed by atoms with Crippen LogP contribution >= 0.6 is 0 Å². The van der Waals surface area contributed by atoms with E-state index in [0.717, 1.165) is 12.8 Å². The topological polar surface area (TPSA) is 20.2 Å². The molecule has 2 rings (SSSR count). The molecule has 1 nitrogen and oxygen atoms in total. The summed E-state index contributed by atoms with van der Waals surface area (Å²) in [6.07, 6.45) is 9.96. The fourth-order valence-electron chi connectivity index (χ4n) is 2.87. The van der Waals surface area contributed by atoms with Crippen molar-refractivity contribution >= 4 is 0 Å². The minimum Gasteiger partial charge on any atom is -0.390 e. The maximum atomic E-state index is 10.2. The van der Waals surface area contributed by atoms with Crippen molar-refractivity contribution in [3.05, 3.63) is 0 Å². The molecule has 2 atom stereocenters. The molecule has 11 heavy (non-hydrogen) atoms. The van der Waals surface area contributed by atoms with Crippen LogP contribution in [0.5, 0.6) is 0 Å². The van der Waals surface area contributed by atoms with E-state index >= 15 is 0 Å². The normalized spacial score (nSPS) is 45.0. The summed E-state index contributed by atoms with van der Waals surface area (Å²) in [5, 5.41) is 10.2. The number of aliphatic hydroxyl groups is 1. The molecule has 0 aromatic carbocycles. The molecule has 2 aliphatic rings. The lowest BCUT2D eigenvalue weighted by Gasteiger charge is -2.27. The SMILES string of the molecule is O[C@]12CCCCC[C@@H]1CCC2. The standard InChI is InChI=1S/C10H18O/c11-10-7-3-1-2-5-9(10)6-4-8-10/h9,11H,1-8H2/t9-,10+/m1/s1. The van der Waals surface area contributed by atoms with Crippen molar-refractivity contribution in [3.63, 3.8) is 0 Å². The van der Waals surface area contributed by atoms with Gasteiger partial charge in [-0.1, -0.05) is 25.7 Å². The largest absolute Gasteiger partial charge is 0.390 e. The van der Waals surface area contributed by atoms with Gasteiger partial charge in [-0.25, -0.2) is 0 Å². The number of hydrogen-bond donors (Lipinski definition) is 1. The molecule has 0 aromatic heterocycles. The second-order valence-corrected chi connectivity index (χ2v) is 4.29. The summed E-state index contributed by atoms with van der Waals surface area (Å²) < 4.78 is 0. The van der Waals surface area contributed by atoms with Crippen LogP contribution in [0.25, 0.3) is 0 Å². The molecule has 0 heterocycles. The third-order valence-corrected chi connectivity index (χ3v) is 3.58. The number of fused-ring (bicyclic) bond motifs is 1. The van der Waals surface area contributed by atoms with E-state index in [1.54, 1.807) is 0 Å². The number of hydrogen-bond acceptors (Lipinski definition) is 1. The van der Waals surface area contributed by atoms with E-state index < -0.39 is 0 Å². The zero-order valence-corrected chi connectivity index (χ0v) is 7.18. The van der Waals surface area contributed by atoms with Gasteiger partial charge in [-0.05, 0) is 31.6 Å². The molecule has 0 saturated heterocycles. The average molecular weight is 154 g/mol. The molecule has 1 N–H and O–H groups in total. The lowest BCUT2D eigenvalue weighted by molar-refractivity contribution is -0.00340. The zero-order chi connectivity index (χ0) is 7.73. The van der Waals surface area contributed by atoms with Gasteiger partial charge in [0, 0.05) is 0 Å². The maximum Gasteiger partial charge on any atom is 0.0675 e. The van der Waals surface area contributed by atoms with E-state index in [1.165, 1.54) is 38.5 Å². The van der Waals surface area contributed by atoms with Crippen molar-refractivity contribution in [2.45, 2.75) is 57.0 Å². The molecule has 0 aliphatic heterocycles. The smallest absolute Gasteiger partial charge is 0.0675 e. The highest BCUT2D eigenvalue weighted by molar-refractivity contribution is 4.93. The molecule has 2 aliphatic carbocycles. The van der Waals surface area contributed by atoms with E-state index in [1.807, 2.05) is 0 Å². The first-order valence-electron chi connectivity index (χ1n) is 5.04. The monoisotopic (exact) mass is 154 g/mol. The van der Waals surface area contributed by atoms with Gasteiger partial charge in [0.2, 0.25) is 0 Å². The highest BCUT2D eigenvalue weighted by atomic mass is 16.3. The summed E-state index contributed by atoms with van der Waals surface area (Å²) in [4.78, 5) is 0. The Hall–Kier alpha value is -0.0400. The Balaban J connectivity index is 2.09. The van der Waals surface area contributed by atoms with Crippen LogP contribution in [-0.4, -0.2) is 10.7 Å². The molecule has 0 spiro atoms. The van der Waals surface area contributed by atoms with Gasteiger partial charge in [0.25, 0.3) is 0 Å². The molecule has 2 saturated carbocycles. The van der Waals surface area contributed by atoms with Crippen LogP contribution in [0.15, 0.2) is 0 Å². The van der Waals surface area contributed by atoms with Crippen molar-refractivity contribution in [2.75, 3.05) is 0 Å². The van der Waals surface area contributed by atoms with Crippen molar-refractivity contribution < 1.29 is 5.11 Å². The predicted octanol–water partition coefficient (Wildman–Crippen LogP) is 2.48. The Bertz CT molecular complexity index is 144. The number of rotatable bonds is 0. The first kappa shape index (κ1) is 7.60. The predicted molar refractivity (Wildman–Crippen MR) is 45.4 cm³/mol. The maximum absolute atomic E-state index is 10.2. The highest BCUT2D eigenvalue weighted by Crippen LogP contribution is 2.44. The lowest BCUT2D eigenvalue weighted by Crippen LogP contribution is -2.31. The summed E-state index contributed by atoms with van der Waals surface area (Å²) >= 11 is 0. The third-order valence-electron chi connectivity index (χ3n) is 3.58. The van der Waals surface area contributed by atoms with Crippen LogP contribution in [-0.2, 0) is 0 Å². The van der Waals surface area contributed by atoms with Gasteiger partial charge in [-0.2, -0.15) is 0 Å². The second-order valence-electron chi connectivity index (χ2n) is 4.29. The Morgan fingerprint density at radius 1 is 0.909 bits per heavy atom. The van der Waals surface area contributed by atoms with Crippen molar-refractivity contribution in [1.82, 2.24) is 0 Å². The summed E-state index contributed by atoms with van der Waals surface area (Å²) in [6, 6.07) is 0. The highest BCUT2D eigenvalue weighted by Gasteiger charge is 2.40. The first-order chi connectivity index (χ1) is 5.31. The van der Waals surface area contributed by atoms with Crippen molar-refractivity contribution in [1.29, 1.82) is 0 Å². The summed E-state index contributed by atoms with van der Waals surface area (Å²) in [6.45, 7) is 0. The minimum atomic E-state index is -0.226. The van der Waals surface area contributed by atoms with E-state index in [2.05, 4.69) is 0 Å². The van der Waals surface area contributed by atoms with Crippen LogP contribution in [0.3, 0.4) is 0 Å². The van der Waals surface area contributed by atoms with Crippen molar-refractivity contribution in [3.8, 4) is 0 Å². The molecule has 64 valence electrons. The molecule has 1 heteroatoms. The Morgan fingerprint density at radius 3 is 2.55 bits per heavy atom. The van der Waals surface area contributed by atoms with Gasteiger partial charge in [-0.3, -0.25) is 0 Å². The van der Waals surface area contributed by atoms with E-state index in [4.69, 9.17) is 0 Å². The molecule has 0 aromatic rings. The zero-order valence-electron chi connectivity index (χ0n) is 7.18. The van der Waals surface area contributed by atoms with Crippen molar-refractivity contribution in [2.24, 2.45) is 5.92 Å². The fraction of sp³-hybridized carbons (Fsp3) is 1.00. The summed E-state index contributed by atoms with van der Waals surface area (Å²) in [5.41, 5.74) is -0.226. The van der Waals surface area contributed by atoms with Gasteiger partial charge in [0.15, 0.2) is 0 Å². The molecule has 2 fully saturated rings. The quantitative estimate of drug-likeness (QED) is 0.568. The van der Waals surface area contributed by atoms with E-state index in [9.17, 15) is 5.11 Å². The van der Waals surface area contributed by atoms with Crippen LogP contribution in [0, 0.1) is 5.92 Å². The summed E-state index contributed by atoms with van der Waals surface area (Å²) in [5.74, 6) is 0.657. The Morgan fingerprint density at radius 2 is 1.64 bits per heavy atom. The van der Waals surface area contributed by atoms with Crippen LogP contribution in [0.2, 0.25) is 0 Å². The third kappa shape index (κ3) is 1.31. The van der Waals surface area contributed by atoms with Gasteiger partial charge in [0.1, 0.15) is 0 Å². The summed E-state index contributed by atoms with van der Waals surface area (Å²) in [7, 11) is 0. The molecular formula is C10H18O. The molecular weight excluding hydrogens is 136 g/mol. The molecule has 0 amide bonds. The van der Waals surface area contributed by atoms with E-state index in [0.29, 0.717) is 5.92 Å². The van der Waals surface area contributed by atoms with Crippen LogP contribution in [0.1, 0.15) is 51.4 Å². The minimum absolute atomic E-state index is 0.226. The molecule has 0 unspecified atom stereocenters. The first-order valence-corrected chi connectivity index (χ1v) is 5.04. The Labute approximate surface area is 68.8 Å². The molecule has 0 radical (unpaired) electrons. The van der Waals surface area contributed by atoms with Gasteiger partial charge in [0.05, 0.1) is 5.60 Å². The van der Waals surface area contributed by atoms with Gasteiger partial charge in [-0.15, -0.1) is 0 Å². The fourth-order valence-corrected chi connectivity index (χ4v) is 2.87. The van der Waals surface area contributed by atoms with Gasteiger partial charge < -0.3 is 5.11 Å². The average Bonchev–Trinajstić information content (AvgIpc) is 2.24. The lowest BCUT2D eigenvalue weighted by atomic mass is 9.87.